The number of aromatic nitrogens is 3. The van der Waals surface area contributed by atoms with E-state index in [4.69, 9.17) is 0 Å². The van der Waals surface area contributed by atoms with E-state index in [1.54, 1.807) is 6.20 Å². The maximum absolute atomic E-state index is 4.38. The van der Waals surface area contributed by atoms with Gasteiger partial charge in [0.25, 0.3) is 0 Å². The van der Waals surface area contributed by atoms with E-state index < -0.39 is 0 Å². The first kappa shape index (κ1) is 14.2. The Morgan fingerprint density at radius 2 is 1.67 bits per heavy atom. The molecule has 0 amide bonds. The van der Waals surface area contributed by atoms with E-state index in [0.29, 0.717) is 0 Å². The van der Waals surface area contributed by atoms with Gasteiger partial charge in [0.1, 0.15) is 0 Å². The average molecular weight is 243 g/mol. The van der Waals surface area contributed by atoms with Crippen LogP contribution in [0.3, 0.4) is 0 Å². The van der Waals surface area contributed by atoms with Crippen LogP contribution in [0.5, 0.6) is 0 Å². The number of nitrogens with zero attached hydrogens (tertiary/aromatic N) is 3. The van der Waals surface area contributed by atoms with E-state index in [1.807, 2.05) is 59.3 Å². The topological polar surface area (TPSA) is 30.7 Å². The van der Waals surface area contributed by atoms with Gasteiger partial charge < -0.3 is 4.57 Å². The Hall–Kier alpha value is -1.90. The summed E-state index contributed by atoms with van der Waals surface area (Å²) in [4.78, 5) is 8.50. The molecule has 3 aromatic rings. The van der Waals surface area contributed by atoms with Gasteiger partial charge in [-0.1, -0.05) is 27.7 Å². The summed E-state index contributed by atoms with van der Waals surface area (Å²) >= 11 is 0. The standard InChI is InChI=1S/C11H9N3.2C2H6/c1-14-9-3-2-5-13-11(9)8-4-6-12-7-10(8)14;2*1-2/h2-7H,1H3;2*1-2H3. The van der Waals surface area contributed by atoms with Crippen LogP contribution in [0, 0.1) is 0 Å². The lowest BCUT2D eigenvalue weighted by Gasteiger charge is -1.94. The lowest BCUT2D eigenvalue weighted by Crippen LogP contribution is -1.86. The van der Waals surface area contributed by atoms with Crippen molar-refractivity contribution >= 4 is 21.9 Å². The van der Waals surface area contributed by atoms with Crippen LogP contribution in [0.4, 0.5) is 0 Å². The Bertz CT molecular complexity index is 558. The largest absolute Gasteiger partial charge is 0.341 e. The fourth-order valence-electron chi connectivity index (χ4n) is 1.86. The predicted molar refractivity (Wildman–Crippen MR) is 78.7 cm³/mol. The zero-order chi connectivity index (χ0) is 13.5. The maximum Gasteiger partial charge on any atom is 0.0960 e. The van der Waals surface area contributed by atoms with E-state index >= 15 is 0 Å². The van der Waals surface area contributed by atoms with Crippen LogP contribution in [-0.4, -0.2) is 14.5 Å². The molecular formula is C15H21N3. The third kappa shape index (κ3) is 2.35. The molecule has 3 heteroatoms. The Kier molecular flexibility index (Phi) is 5.31. The minimum atomic E-state index is 1.05. The van der Waals surface area contributed by atoms with Crippen molar-refractivity contribution in [3.63, 3.8) is 0 Å². The smallest absolute Gasteiger partial charge is 0.0960 e. The van der Waals surface area contributed by atoms with E-state index in [-0.39, 0.29) is 0 Å². The molecule has 3 aromatic heterocycles. The van der Waals surface area contributed by atoms with Gasteiger partial charge in [-0.25, -0.2) is 0 Å². The molecule has 0 saturated carbocycles. The Morgan fingerprint density at radius 3 is 2.39 bits per heavy atom. The normalized spacial score (nSPS) is 9.39. The number of rotatable bonds is 0. The van der Waals surface area contributed by atoms with Crippen molar-refractivity contribution in [3.8, 4) is 0 Å². The Balaban J connectivity index is 0.000000371. The number of pyridine rings is 2. The van der Waals surface area contributed by atoms with Crippen LogP contribution in [0.15, 0.2) is 36.8 Å². The fraction of sp³-hybridized carbons (Fsp3) is 0.333. The third-order valence-corrected chi connectivity index (χ3v) is 2.56. The summed E-state index contributed by atoms with van der Waals surface area (Å²) in [6, 6.07) is 6.03. The van der Waals surface area contributed by atoms with Crippen LogP contribution in [-0.2, 0) is 7.05 Å². The number of hydrogen-bond acceptors (Lipinski definition) is 2. The lowest BCUT2D eigenvalue weighted by molar-refractivity contribution is 1.01. The zero-order valence-corrected chi connectivity index (χ0v) is 11.8. The summed E-state index contributed by atoms with van der Waals surface area (Å²) in [6.07, 6.45) is 5.50. The number of hydrogen-bond donors (Lipinski definition) is 0. The van der Waals surface area contributed by atoms with Crippen molar-refractivity contribution in [3.05, 3.63) is 36.8 Å². The molecule has 0 fully saturated rings. The zero-order valence-electron chi connectivity index (χ0n) is 11.8. The van der Waals surface area contributed by atoms with Crippen molar-refractivity contribution in [1.29, 1.82) is 0 Å². The van der Waals surface area contributed by atoms with Crippen LogP contribution < -0.4 is 0 Å². The van der Waals surface area contributed by atoms with Crippen LogP contribution >= 0.6 is 0 Å². The van der Waals surface area contributed by atoms with Gasteiger partial charge in [-0.3, -0.25) is 9.97 Å². The molecule has 3 heterocycles. The Labute approximate surface area is 108 Å². The molecule has 0 aliphatic heterocycles. The number of aryl methyl sites for hydroxylation is 1. The first-order valence-electron chi connectivity index (χ1n) is 6.51. The van der Waals surface area contributed by atoms with E-state index in [2.05, 4.69) is 20.6 Å². The summed E-state index contributed by atoms with van der Waals surface area (Å²) in [6.45, 7) is 8.00. The highest BCUT2D eigenvalue weighted by molar-refractivity contribution is 6.05. The molecule has 0 aromatic carbocycles. The first-order valence-corrected chi connectivity index (χ1v) is 6.51. The molecule has 0 radical (unpaired) electrons. The molecule has 0 atom stereocenters. The molecule has 96 valence electrons. The molecule has 3 rings (SSSR count). The monoisotopic (exact) mass is 243 g/mol. The van der Waals surface area contributed by atoms with Crippen molar-refractivity contribution in [2.24, 2.45) is 7.05 Å². The number of fused-ring (bicyclic) bond motifs is 3. The molecular weight excluding hydrogens is 222 g/mol. The van der Waals surface area contributed by atoms with Gasteiger partial charge in [0.15, 0.2) is 0 Å². The third-order valence-electron chi connectivity index (χ3n) is 2.56. The molecule has 18 heavy (non-hydrogen) atoms. The molecule has 0 aliphatic rings. The molecule has 0 bridgehead atoms. The highest BCUT2D eigenvalue weighted by atomic mass is 15.0. The van der Waals surface area contributed by atoms with Crippen molar-refractivity contribution < 1.29 is 0 Å². The van der Waals surface area contributed by atoms with Gasteiger partial charge in [0.2, 0.25) is 0 Å². The van der Waals surface area contributed by atoms with Crippen LogP contribution in [0.2, 0.25) is 0 Å². The maximum atomic E-state index is 4.38. The van der Waals surface area contributed by atoms with Crippen molar-refractivity contribution in [1.82, 2.24) is 14.5 Å². The average Bonchev–Trinajstić information content (AvgIpc) is 2.78. The highest BCUT2D eigenvalue weighted by Crippen LogP contribution is 2.24. The summed E-state index contributed by atoms with van der Waals surface area (Å²) in [5, 5.41) is 1.16. The molecule has 0 spiro atoms. The lowest BCUT2D eigenvalue weighted by atomic mass is 10.3. The summed E-state index contributed by atoms with van der Waals surface area (Å²) < 4.78 is 2.12. The van der Waals surface area contributed by atoms with Gasteiger partial charge in [-0.2, -0.15) is 0 Å². The minimum Gasteiger partial charge on any atom is -0.341 e. The quantitative estimate of drug-likeness (QED) is 0.593. The molecule has 3 nitrogen and oxygen atoms in total. The van der Waals surface area contributed by atoms with Crippen LogP contribution in [0.25, 0.3) is 21.9 Å². The van der Waals surface area contributed by atoms with E-state index in [1.165, 1.54) is 0 Å². The minimum absolute atomic E-state index is 1.05. The highest BCUT2D eigenvalue weighted by Gasteiger charge is 2.06. The molecule has 0 unspecified atom stereocenters. The van der Waals surface area contributed by atoms with Gasteiger partial charge >= 0.3 is 0 Å². The second-order valence-corrected chi connectivity index (χ2v) is 3.32. The SMILES string of the molecule is CC.CC.Cn1c2cnccc2c2ncccc21. The summed E-state index contributed by atoms with van der Waals surface area (Å²) in [7, 11) is 2.04. The molecule has 0 aliphatic carbocycles. The van der Waals surface area contributed by atoms with Gasteiger partial charge in [-0.05, 0) is 18.2 Å². The Morgan fingerprint density at radius 1 is 0.944 bits per heavy atom. The first-order chi connectivity index (χ1) is 8.88. The van der Waals surface area contributed by atoms with Crippen LogP contribution in [0.1, 0.15) is 27.7 Å². The summed E-state index contributed by atoms with van der Waals surface area (Å²) in [5.41, 5.74) is 3.32. The molecule has 0 N–H and O–H groups in total. The molecule has 0 saturated heterocycles. The van der Waals surface area contributed by atoms with Gasteiger partial charge in [0.05, 0.1) is 22.7 Å². The van der Waals surface area contributed by atoms with E-state index in [0.717, 1.165) is 21.9 Å². The van der Waals surface area contributed by atoms with Crippen molar-refractivity contribution in [2.75, 3.05) is 0 Å². The van der Waals surface area contributed by atoms with Crippen molar-refractivity contribution in [2.45, 2.75) is 27.7 Å². The van der Waals surface area contributed by atoms with Gasteiger partial charge in [0, 0.05) is 24.8 Å². The summed E-state index contributed by atoms with van der Waals surface area (Å²) in [5.74, 6) is 0. The second-order valence-electron chi connectivity index (χ2n) is 3.32. The second kappa shape index (κ2) is 6.74. The van der Waals surface area contributed by atoms with E-state index in [9.17, 15) is 0 Å². The predicted octanol–water partition coefficient (Wildman–Crippen LogP) is 4.17. The fourth-order valence-corrected chi connectivity index (χ4v) is 1.86. The van der Waals surface area contributed by atoms with Gasteiger partial charge in [-0.15, -0.1) is 0 Å².